The number of ether oxygens (including phenoxy) is 1. The van der Waals surface area contributed by atoms with Gasteiger partial charge in [0.2, 0.25) is 0 Å². The van der Waals surface area contributed by atoms with E-state index >= 15 is 0 Å². The normalized spacial score (nSPS) is 18.0. The monoisotopic (exact) mass is 341 g/mol. The van der Waals surface area contributed by atoms with Crippen LogP contribution in [0.3, 0.4) is 0 Å². The first-order valence-corrected chi connectivity index (χ1v) is 8.48. The highest BCUT2D eigenvalue weighted by Gasteiger charge is 2.31. The number of nitrogens with one attached hydrogen (secondary N) is 1. The number of urea groups is 1. The maximum atomic E-state index is 12.6. The summed E-state index contributed by atoms with van der Waals surface area (Å²) in [6, 6.07) is 12.9. The van der Waals surface area contributed by atoms with Crippen LogP contribution in [0.15, 0.2) is 48.7 Å². The van der Waals surface area contributed by atoms with Gasteiger partial charge in [-0.3, -0.25) is 5.32 Å². The minimum Gasteiger partial charge on any atom is -0.493 e. The zero-order chi connectivity index (χ0) is 17.6. The zero-order valence-corrected chi connectivity index (χ0v) is 14.3. The lowest BCUT2D eigenvalue weighted by molar-refractivity contribution is 0.129. The summed E-state index contributed by atoms with van der Waals surface area (Å²) in [5, 5.41) is 13.3. The molecule has 1 aromatic heterocycles. The summed E-state index contributed by atoms with van der Waals surface area (Å²) in [5.74, 6) is 0.931. The fourth-order valence-corrected chi connectivity index (χ4v) is 3.24. The van der Waals surface area contributed by atoms with Gasteiger partial charge in [-0.25, -0.2) is 9.78 Å². The minimum absolute atomic E-state index is 0.00455. The van der Waals surface area contributed by atoms with Crippen LogP contribution in [0, 0.1) is 0 Å². The number of nitrogens with zero attached hydrogens (tertiary/aromatic N) is 2. The molecule has 0 aliphatic carbocycles. The standard InChI is InChI=1S/C19H23N3O3/c1-25-17-10-5-11-20-18(17)21-19(24)22-12-6-9-15(22)13-16(23)14-7-3-2-4-8-14/h2-5,7-8,10-11,15-16,23H,6,9,12-13H2,1H3,(H,20,21,24)/t15-,16-/m0/s1. The van der Waals surface area contributed by atoms with Gasteiger partial charge in [0.05, 0.1) is 13.2 Å². The van der Waals surface area contributed by atoms with Gasteiger partial charge in [0, 0.05) is 18.8 Å². The lowest BCUT2D eigenvalue weighted by atomic mass is 10.0. The number of rotatable bonds is 5. The van der Waals surface area contributed by atoms with Crippen LogP contribution in [0.25, 0.3) is 0 Å². The van der Waals surface area contributed by atoms with E-state index in [1.165, 1.54) is 0 Å². The number of pyridine rings is 1. The Hall–Kier alpha value is -2.60. The first-order chi connectivity index (χ1) is 12.2. The summed E-state index contributed by atoms with van der Waals surface area (Å²) in [7, 11) is 1.54. The van der Waals surface area contributed by atoms with Crippen molar-refractivity contribution >= 4 is 11.8 Å². The summed E-state index contributed by atoms with van der Waals surface area (Å²) in [4.78, 5) is 18.6. The Morgan fingerprint density at radius 3 is 2.92 bits per heavy atom. The molecule has 2 amide bonds. The fraction of sp³-hybridized carbons (Fsp3) is 0.368. The maximum absolute atomic E-state index is 12.6. The van der Waals surface area contributed by atoms with Gasteiger partial charge in [-0.1, -0.05) is 30.3 Å². The second-order valence-corrected chi connectivity index (χ2v) is 6.14. The van der Waals surface area contributed by atoms with Gasteiger partial charge in [-0.15, -0.1) is 0 Å². The Balaban J connectivity index is 1.65. The van der Waals surface area contributed by atoms with Crippen molar-refractivity contribution < 1.29 is 14.6 Å². The van der Waals surface area contributed by atoms with Gasteiger partial charge in [-0.2, -0.15) is 0 Å². The third-order valence-corrected chi connectivity index (χ3v) is 4.53. The Morgan fingerprint density at radius 1 is 1.36 bits per heavy atom. The SMILES string of the molecule is COc1cccnc1NC(=O)N1CCC[C@H]1C[C@H](O)c1ccccc1. The van der Waals surface area contributed by atoms with Gasteiger partial charge >= 0.3 is 6.03 Å². The van der Waals surface area contributed by atoms with E-state index < -0.39 is 6.10 Å². The molecular weight excluding hydrogens is 318 g/mol. The van der Waals surface area contributed by atoms with E-state index in [0.717, 1.165) is 18.4 Å². The first kappa shape index (κ1) is 17.2. The van der Waals surface area contributed by atoms with E-state index in [1.54, 1.807) is 30.3 Å². The number of amides is 2. The first-order valence-electron chi connectivity index (χ1n) is 8.48. The van der Waals surface area contributed by atoms with Gasteiger partial charge in [-0.05, 0) is 37.0 Å². The van der Waals surface area contributed by atoms with Crippen LogP contribution in [0.1, 0.15) is 30.9 Å². The molecule has 6 nitrogen and oxygen atoms in total. The van der Waals surface area contributed by atoms with E-state index in [0.29, 0.717) is 24.5 Å². The second-order valence-electron chi connectivity index (χ2n) is 6.14. The molecule has 25 heavy (non-hydrogen) atoms. The molecule has 6 heteroatoms. The number of carbonyl (C=O) groups excluding carboxylic acids is 1. The minimum atomic E-state index is -0.580. The average Bonchev–Trinajstić information content (AvgIpc) is 3.11. The number of methoxy groups -OCH3 is 1. The number of hydrogen-bond donors (Lipinski definition) is 2. The third kappa shape index (κ3) is 4.09. The molecule has 1 aliphatic heterocycles. The predicted molar refractivity (Wildman–Crippen MR) is 95.6 cm³/mol. The molecule has 0 bridgehead atoms. The van der Waals surface area contributed by atoms with Crippen molar-refractivity contribution in [3.05, 3.63) is 54.2 Å². The zero-order valence-electron chi connectivity index (χ0n) is 14.3. The lowest BCUT2D eigenvalue weighted by Gasteiger charge is -2.27. The van der Waals surface area contributed by atoms with Crippen LogP contribution in [0.4, 0.5) is 10.6 Å². The molecule has 0 saturated carbocycles. The van der Waals surface area contributed by atoms with E-state index in [2.05, 4.69) is 10.3 Å². The Bertz CT molecular complexity index is 708. The number of benzene rings is 1. The molecular formula is C19H23N3O3. The fourth-order valence-electron chi connectivity index (χ4n) is 3.24. The summed E-state index contributed by atoms with van der Waals surface area (Å²) in [6.07, 6.45) is 3.37. The topological polar surface area (TPSA) is 74.7 Å². The molecule has 1 saturated heterocycles. The predicted octanol–water partition coefficient (Wildman–Crippen LogP) is 3.21. The number of aliphatic hydroxyl groups excluding tert-OH is 1. The smallest absolute Gasteiger partial charge is 0.323 e. The molecule has 2 aromatic rings. The van der Waals surface area contributed by atoms with Crippen LogP contribution < -0.4 is 10.1 Å². The maximum Gasteiger partial charge on any atom is 0.323 e. The van der Waals surface area contributed by atoms with E-state index in [9.17, 15) is 9.90 Å². The highest BCUT2D eigenvalue weighted by atomic mass is 16.5. The van der Waals surface area contributed by atoms with Crippen molar-refractivity contribution in [2.75, 3.05) is 19.0 Å². The average molecular weight is 341 g/mol. The van der Waals surface area contributed by atoms with Crippen LogP contribution in [0.5, 0.6) is 5.75 Å². The van der Waals surface area contributed by atoms with Crippen molar-refractivity contribution in [1.82, 2.24) is 9.88 Å². The molecule has 3 rings (SSSR count). The van der Waals surface area contributed by atoms with Crippen LogP contribution >= 0.6 is 0 Å². The van der Waals surface area contributed by atoms with Crippen LogP contribution in [0.2, 0.25) is 0 Å². The van der Waals surface area contributed by atoms with Crippen molar-refractivity contribution in [3.63, 3.8) is 0 Å². The quantitative estimate of drug-likeness (QED) is 0.876. The summed E-state index contributed by atoms with van der Waals surface area (Å²) < 4.78 is 5.22. The summed E-state index contributed by atoms with van der Waals surface area (Å²) >= 11 is 0. The molecule has 2 heterocycles. The second kappa shape index (κ2) is 7.98. The highest BCUT2D eigenvalue weighted by Crippen LogP contribution is 2.28. The molecule has 2 N–H and O–H groups in total. The Kier molecular flexibility index (Phi) is 5.50. The van der Waals surface area contributed by atoms with E-state index in [1.807, 2.05) is 30.3 Å². The molecule has 0 unspecified atom stereocenters. The van der Waals surface area contributed by atoms with Crippen molar-refractivity contribution in [1.29, 1.82) is 0 Å². The molecule has 2 atom stereocenters. The molecule has 0 radical (unpaired) electrons. The van der Waals surface area contributed by atoms with Gasteiger partial charge < -0.3 is 14.7 Å². The summed E-state index contributed by atoms with van der Waals surface area (Å²) in [6.45, 7) is 0.674. The number of anilines is 1. The summed E-state index contributed by atoms with van der Waals surface area (Å²) in [5.41, 5.74) is 0.876. The highest BCUT2D eigenvalue weighted by molar-refractivity contribution is 5.90. The number of aliphatic hydroxyl groups is 1. The Morgan fingerprint density at radius 2 is 2.16 bits per heavy atom. The van der Waals surface area contributed by atoms with E-state index in [4.69, 9.17) is 4.74 Å². The van der Waals surface area contributed by atoms with Crippen molar-refractivity contribution in [2.24, 2.45) is 0 Å². The van der Waals surface area contributed by atoms with Gasteiger partial charge in [0.1, 0.15) is 0 Å². The molecule has 1 aromatic carbocycles. The Labute approximate surface area is 147 Å². The number of carbonyl (C=O) groups is 1. The third-order valence-electron chi connectivity index (χ3n) is 4.53. The van der Waals surface area contributed by atoms with E-state index in [-0.39, 0.29) is 12.1 Å². The molecule has 1 fully saturated rings. The number of hydrogen-bond acceptors (Lipinski definition) is 4. The number of likely N-dealkylation sites (tertiary alicyclic amines) is 1. The van der Waals surface area contributed by atoms with Crippen molar-refractivity contribution in [2.45, 2.75) is 31.4 Å². The number of aromatic nitrogens is 1. The molecule has 1 aliphatic rings. The largest absolute Gasteiger partial charge is 0.493 e. The van der Waals surface area contributed by atoms with Crippen molar-refractivity contribution in [3.8, 4) is 5.75 Å². The lowest BCUT2D eigenvalue weighted by Crippen LogP contribution is -2.39. The van der Waals surface area contributed by atoms with Crippen LogP contribution in [-0.4, -0.2) is 40.7 Å². The molecule has 0 spiro atoms. The van der Waals surface area contributed by atoms with Gasteiger partial charge in [0.15, 0.2) is 11.6 Å². The van der Waals surface area contributed by atoms with Gasteiger partial charge in [0.25, 0.3) is 0 Å². The molecule has 132 valence electrons. The van der Waals surface area contributed by atoms with Crippen LogP contribution in [-0.2, 0) is 0 Å².